The van der Waals surface area contributed by atoms with Gasteiger partial charge >= 0.3 is 0 Å². The van der Waals surface area contributed by atoms with Crippen molar-refractivity contribution in [2.75, 3.05) is 18.4 Å². The van der Waals surface area contributed by atoms with Crippen LogP contribution in [-0.2, 0) is 4.79 Å². The van der Waals surface area contributed by atoms with Gasteiger partial charge in [0.2, 0.25) is 5.91 Å². The number of nitrogens with one attached hydrogen (secondary N) is 2. The molecule has 5 heteroatoms. The predicted octanol–water partition coefficient (Wildman–Crippen LogP) is 2.88. The first-order chi connectivity index (χ1) is 7.63. The van der Waals surface area contributed by atoms with Crippen LogP contribution in [0.15, 0.2) is 18.2 Å². The summed E-state index contributed by atoms with van der Waals surface area (Å²) in [6.45, 7) is 3.16. The lowest BCUT2D eigenvalue weighted by Gasteiger charge is -2.08. The Balaban J connectivity index is 2.40. The normalized spacial score (nSPS) is 9.94. The summed E-state index contributed by atoms with van der Waals surface area (Å²) in [6.07, 6.45) is 0.455. The Hall–Kier alpha value is -0.490. The second kappa shape index (κ2) is 6.96. The zero-order valence-corrected chi connectivity index (χ0v) is 11.9. The molecule has 0 aliphatic heterocycles. The van der Waals surface area contributed by atoms with Crippen molar-refractivity contribution in [3.8, 4) is 0 Å². The van der Waals surface area contributed by atoms with E-state index in [1.54, 1.807) is 0 Å². The first kappa shape index (κ1) is 13.6. The minimum Gasteiger partial charge on any atom is -0.383 e. The van der Waals surface area contributed by atoms with Crippen molar-refractivity contribution in [1.29, 1.82) is 0 Å². The number of carbonyl (C=O) groups excluding carboxylic acids is 1. The Labute approximate surface area is 114 Å². The maximum Gasteiger partial charge on any atom is 0.221 e. The SMILES string of the molecule is CCNC(=O)CCNc1ccc(I)cc1Cl. The molecule has 1 aromatic rings. The monoisotopic (exact) mass is 352 g/mol. The van der Waals surface area contributed by atoms with Gasteiger partial charge in [0.15, 0.2) is 0 Å². The highest BCUT2D eigenvalue weighted by Crippen LogP contribution is 2.23. The van der Waals surface area contributed by atoms with Crippen molar-refractivity contribution in [3.05, 3.63) is 26.8 Å². The molecule has 3 nitrogen and oxygen atoms in total. The molecule has 0 fully saturated rings. The van der Waals surface area contributed by atoms with Gasteiger partial charge in [-0.15, -0.1) is 0 Å². The van der Waals surface area contributed by atoms with Crippen molar-refractivity contribution in [2.24, 2.45) is 0 Å². The number of benzene rings is 1. The molecule has 0 bridgehead atoms. The van der Waals surface area contributed by atoms with Crippen LogP contribution in [0.4, 0.5) is 5.69 Å². The lowest BCUT2D eigenvalue weighted by atomic mass is 10.3. The second-order valence-corrected chi connectivity index (χ2v) is 4.91. The third-order valence-electron chi connectivity index (χ3n) is 1.97. The Kier molecular flexibility index (Phi) is 5.90. The minimum absolute atomic E-state index is 0.0524. The number of rotatable bonds is 5. The predicted molar refractivity (Wildman–Crippen MR) is 76.0 cm³/mol. The Morgan fingerprint density at radius 2 is 2.25 bits per heavy atom. The van der Waals surface area contributed by atoms with Crippen LogP contribution in [0.5, 0.6) is 0 Å². The maximum absolute atomic E-state index is 11.2. The highest BCUT2D eigenvalue weighted by molar-refractivity contribution is 14.1. The second-order valence-electron chi connectivity index (χ2n) is 3.25. The molecule has 16 heavy (non-hydrogen) atoms. The van der Waals surface area contributed by atoms with Crippen LogP contribution in [0, 0.1) is 3.57 Å². The van der Waals surface area contributed by atoms with Crippen molar-refractivity contribution < 1.29 is 4.79 Å². The zero-order valence-electron chi connectivity index (χ0n) is 9.02. The molecule has 2 N–H and O–H groups in total. The molecular weight excluding hydrogens is 338 g/mol. The van der Waals surface area contributed by atoms with Gasteiger partial charge in [-0.1, -0.05) is 11.6 Å². The first-order valence-electron chi connectivity index (χ1n) is 5.09. The van der Waals surface area contributed by atoms with Crippen LogP contribution in [-0.4, -0.2) is 19.0 Å². The quantitative estimate of drug-likeness (QED) is 0.800. The molecule has 0 saturated heterocycles. The van der Waals surface area contributed by atoms with E-state index in [0.717, 1.165) is 9.26 Å². The molecule has 0 aliphatic rings. The van der Waals surface area contributed by atoms with Crippen LogP contribution in [0.3, 0.4) is 0 Å². The molecule has 0 heterocycles. The Morgan fingerprint density at radius 1 is 1.50 bits per heavy atom. The standard InChI is InChI=1S/C11H14ClIN2O/c1-2-14-11(16)5-6-15-10-4-3-8(13)7-9(10)12/h3-4,7,15H,2,5-6H2,1H3,(H,14,16). The fourth-order valence-electron chi connectivity index (χ4n) is 1.23. The van der Waals surface area contributed by atoms with E-state index in [0.29, 0.717) is 24.5 Å². The topological polar surface area (TPSA) is 41.1 Å². The molecule has 1 aromatic carbocycles. The van der Waals surface area contributed by atoms with Crippen molar-refractivity contribution in [1.82, 2.24) is 5.32 Å². The molecule has 0 aliphatic carbocycles. The van der Waals surface area contributed by atoms with Crippen LogP contribution in [0.25, 0.3) is 0 Å². The van der Waals surface area contributed by atoms with E-state index in [2.05, 4.69) is 33.2 Å². The van der Waals surface area contributed by atoms with Gasteiger partial charge in [0.05, 0.1) is 10.7 Å². The van der Waals surface area contributed by atoms with Crippen molar-refractivity contribution in [2.45, 2.75) is 13.3 Å². The van der Waals surface area contributed by atoms with Crippen LogP contribution < -0.4 is 10.6 Å². The summed E-state index contributed by atoms with van der Waals surface area (Å²) in [5.41, 5.74) is 0.867. The summed E-state index contributed by atoms with van der Waals surface area (Å²) in [5.74, 6) is 0.0524. The van der Waals surface area contributed by atoms with Gasteiger partial charge in [-0.3, -0.25) is 4.79 Å². The molecule has 1 amide bonds. The largest absolute Gasteiger partial charge is 0.383 e. The summed E-state index contributed by atoms with van der Waals surface area (Å²) in [6, 6.07) is 5.78. The number of hydrogen-bond donors (Lipinski definition) is 2. The molecule has 0 unspecified atom stereocenters. The van der Waals surface area contributed by atoms with Gasteiger partial charge in [0.1, 0.15) is 0 Å². The third-order valence-corrected chi connectivity index (χ3v) is 2.96. The number of amides is 1. The number of hydrogen-bond acceptors (Lipinski definition) is 2. The summed E-state index contributed by atoms with van der Waals surface area (Å²) >= 11 is 8.24. The third kappa shape index (κ3) is 4.57. The fraction of sp³-hybridized carbons (Fsp3) is 0.364. The smallest absolute Gasteiger partial charge is 0.221 e. The van der Waals surface area contributed by atoms with Gasteiger partial charge in [0.25, 0.3) is 0 Å². The van der Waals surface area contributed by atoms with Gasteiger partial charge < -0.3 is 10.6 Å². The van der Waals surface area contributed by atoms with E-state index in [1.807, 2.05) is 25.1 Å². The van der Waals surface area contributed by atoms with Crippen LogP contribution in [0.1, 0.15) is 13.3 Å². The average Bonchev–Trinajstić information content (AvgIpc) is 2.22. The van der Waals surface area contributed by atoms with Gasteiger partial charge in [0, 0.05) is 23.1 Å². The molecule has 0 atom stereocenters. The van der Waals surface area contributed by atoms with Gasteiger partial charge in [-0.2, -0.15) is 0 Å². The van der Waals surface area contributed by atoms with E-state index >= 15 is 0 Å². The summed E-state index contributed by atoms with van der Waals surface area (Å²) < 4.78 is 1.09. The number of halogens is 2. The fourth-order valence-corrected chi connectivity index (χ4v) is 2.15. The maximum atomic E-state index is 11.2. The number of anilines is 1. The molecule has 0 spiro atoms. The summed E-state index contributed by atoms with van der Waals surface area (Å²) in [4.78, 5) is 11.2. The van der Waals surface area contributed by atoms with Crippen LogP contribution >= 0.6 is 34.2 Å². The Bertz CT molecular complexity index is 371. The van der Waals surface area contributed by atoms with Gasteiger partial charge in [-0.25, -0.2) is 0 Å². The molecule has 0 aromatic heterocycles. The lowest BCUT2D eigenvalue weighted by Crippen LogP contribution is -2.24. The molecule has 1 rings (SSSR count). The van der Waals surface area contributed by atoms with Crippen molar-refractivity contribution in [3.63, 3.8) is 0 Å². The molecule has 0 radical (unpaired) electrons. The molecule has 88 valence electrons. The van der Waals surface area contributed by atoms with Crippen molar-refractivity contribution >= 4 is 45.8 Å². The van der Waals surface area contributed by atoms with E-state index in [4.69, 9.17) is 11.6 Å². The number of carbonyl (C=O) groups is 1. The summed E-state index contributed by atoms with van der Waals surface area (Å²) in [5, 5.41) is 6.56. The highest BCUT2D eigenvalue weighted by atomic mass is 127. The lowest BCUT2D eigenvalue weighted by molar-refractivity contribution is -0.120. The highest BCUT2D eigenvalue weighted by Gasteiger charge is 2.02. The molecule has 0 saturated carbocycles. The minimum atomic E-state index is 0.0524. The van der Waals surface area contributed by atoms with E-state index < -0.39 is 0 Å². The van der Waals surface area contributed by atoms with E-state index in [9.17, 15) is 4.79 Å². The summed E-state index contributed by atoms with van der Waals surface area (Å²) in [7, 11) is 0. The molecular formula is C11H14ClIN2O. The van der Waals surface area contributed by atoms with Crippen LogP contribution in [0.2, 0.25) is 5.02 Å². The first-order valence-corrected chi connectivity index (χ1v) is 6.54. The van der Waals surface area contributed by atoms with E-state index in [1.165, 1.54) is 0 Å². The average molecular weight is 353 g/mol. The Morgan fingerprint density at radius 3 is 2.88 bits per heavy atom. The van der Waals surface area contributed by atoms with E-state index in [-0.39, 0.29) is 5.91 Å². The van der Waals surface area contributed by atoms with Gasteiger partial charge in [-0.05, 0) is 47.7 Å². The zero-order chi connectivity index (χ0) is 12.0.